The number of nitrogens with zero attached hydrogens (tertiary/aromatic N) is 4. The lowest BCUT2D eigenvalue weighted by atomic mass is 10.2. The van der Waals surface area contributed by atoms with Crippen LogP contribution in [0.25, 0.3) is 0 Å². The van der Waals surface area contributed by atoms with Crippen LogP contribution >= 0.6 is 0 Å². The number of nitrogens with one attached hydrogen (secondary N) is 1. The van der Waals surface area contributed by atoms with Crippen molar-refractivity contribution in [2.75, 3.05) is 64.8 Å². The summed E-state index contributed by atoms with van der Waals surface area (Å²) in [6.07, 6.45) is 2.67. The molecule has 1 aliphatic heterocycles. The number of pyridine rings is 1. The van der Waals surface area contributed by atoms with E-state index in [2.05, 4.69) is 31.9 Å². The van der Waals surface area contributed by atoms with Gasteiger partial charge in [-0.3, -0.25) is 9.78 Å². The standard InChI is InChI=1S/C17H29N5O/c1-4-21-10-12-22(13-11-21)15-6-8-18-16(14-15)17(23)19-7-5-9-20(2)3/h6,8,14H,4-5,7,9-13H2,1-3H3,(H,19,23). The van der Waals surface area contributed by atoms with Gasteiger partial charge in [-0.2, -0.15) is 0 Å². The van der Waals surface area contributed by atoms with Gasteiger partial charge in [-0.05, 0) is 45.7 Å². The van der Waals surface area contributed by atoms with Crippen LogP contribution in [0.2, 0.25) is 0 Å². The topological polar surface area (TPSA) is 51.7 Å². The van der Waals surface area contributed by atoms with E-state index in [9.17, 15) is 4.79 Å². The van der Waals surface area contributed by atoms with E-state index in [-0.39, 0.29) is 5.91 Å². The molecule has 0 unspecified atom stereocenters. The molecule has 0 atom stereocenters. The molecule has 0 radical (unpaired) electrons. The number of piperazine rings is 1. The van der Waals surface area contributed by atoms with Crippen molar-refractivity contribution in [3.05, 3.63) is 24.0 Å². The average molecular weight is 319 g/mol. The van der Waals surface area contributed by atoms with Gasteiger partial charge in [0.1, 0.15) is 5.69 Å². The van der Waals surface area contributed by atoms with Crippen molar-refractivity contribution in [1.29, 1.82) is 0 Å². The van der Waals surface area contributed by atoms with Crippen molar-refractivity contribution in [2.24, 2.45) is 0 Å². The van der Waals surface area contributed by atoms with Crippen LogP contribution in [0.15, 0.2) is 18.3 Å². The summed E-state index contributed by atoms with van der Waals surface area (Å²) in [7, 11) is 4.07. The Hall–Kier alpha value is -1.66. The Morgan fingerprint density at radius 1 is 1.30 bits per heavy atom. The smallest absolute Gasteiger partial charge is 0.269 e. The molecule has 1 N–H and O–H groups in total. The van der Waals surface area contributed by atoms with Crippen molar-refractivity contribution < 1.29 is 4.79 Å². The molecule has 2 heterocycles. The van der Waals surface area contributed by atoms with Crippen LogP contribution < -0.4 is 10.2 Å². The second-order valence-corrected chi connectivity index (χ2v) is 6.23. The number of anilines is 1. The zero-order valence-electron chi connectivity index (χ0n) is 14.6. The van der Waals surface area contributed by atoms with E-state index in [0.717, 1.165) is 51.4 Å². The Morgan fingerprint density at radius 2 is 2.04 bits per heavy atom. The molecule has 128 valence electrons. The maximum Gasteiger partial charge on any atom is 0.269 e. The van der Waals surface area contributed by atoms with Crippen molar-refractivity contribution >= 4 is 11.6 Å². The Labute approximate surface area is 139 Å². The molecule has 1 aromatic heterocycles. The lowest BCUT2D eigenvalue weighted by Crippen LogP contribution is -2.46. The fraction of sp³-hybridized carbons (Fsp3) is 0.647. The molecule has 1 saturated heterocycles. The van der Waals surface area contributed by atoms with Crippen LogP contribution in [-0.4, -0.2) is 80.6 Å². The molecule has 6 heteroatoms. The van der Waals surface area contributed by atoms with Gasteiger partial charge in [0.2, 0.25) is 0 Å². The second-order valence-electron chi connectivity index (χ2n) is 6.23. The molecule has 1 amide bonds. The summed E-state index contributed by atoms with van der Waals surface area (Å²) in [5, 5.41) is 2.95. The predicted molar refractivity (Wildman–Crippen MR) is 94.1 cm³/mol. The average Bonchev–Trinajstić information content (AvgIpc) is 2.58. The summed E-state index contributed by atoms with van der Waals surface area (Å²) < 4.78 is 0. The summed E-state index contributed by atoms with van der Waals surface area (Å²) in [5.74, 6) is -0.0854. The third-order valence-electron chi connectivity index (χ3n) is 4.23. The number of aromatic nitrogens is 1. The lowest BCUT2D eigenvalue weighted by Gasteiger charge is -2.35. The monoisotopic (exact) mass is 319 g/mol. The molecule has 1 aromatic rings. The first-order valence-electron chi connectivity index (χ1n) is 8.46. The van der Waals surface area contributed by atoms with Crippen LogP contribution in [0.4, 0.5) is 5.69 Å². The fourth-order valence-electron chi connectivity index (χ4n) is 2.75. The van der Waals surface area contributed by atoms with Crippen molar-refractivity contribution in [3.63, 3.8) is 0 Å². The SMILES string of the molecule is CCN1CCN(c2ccnc(C(=O)NCCCN(C)C)c2)CC1. The van der Waals surface area contributed by atoms with E-state index in [1.165, 1.54) is 0 Å². The molecular formula is C17H29N5O. The van der Waals surface area contributed by atoms with Crippen LogP contribution in [0.3, 0.4) is 0 Å². The van der Waals surface area contributed by atoms with Gasteiger partial charge in [-0.25, -0.2) is 0 Å². The van der Waals surface area contributed by atoms with Gasteiger partial charge in [-0.1, -0.05) is 6.92 Å². The van der Waals surface area contributed by atoms with Gasteiger partial charge in [0.15, 0.2) is 0 Å². The van der Waals surface area contributed by atoms with Crippen molar-refractivity contribution in [1.82, 2.24) is 20.1 Å². The molecule has 6 nitrogen and oxygen atoms in total. The predicted octanol–water partition coefficient (Wildman–Crippen LogP) is 0.905. The van der Waals surface area contributed by atoms with Crippen LogP contribution in [0.1, 0.15) is 23.8 Å². The largest absolute Gasteiger partial charge is 0.369 e. The zero-order chi connectivity index (χ0) is 16.7. The van der Waals surface area contributed by atoms with Crippen molar-refractivity contribution in [3.8, 4) is 0 Å². The zero-order valence-corrected chi connectivity index (χ0v) is 14.6. The van der Waals surface area contributed by atoms with E-state index in [0.29, 0.717) is 12.2 Å². The maximum atomic E-state index is 12.2. The lowest BCUT2D eigenvalue weighted by molar-refractivity contribution is 0.0947. The molecule has 0 aromatic carbocycles. The molecule has 0 saturated carbocycles. The molecule has 2 rings (SSSR count). The number of rotatable bonds is 7. The highest BCUT2D eigenvalue weighted by molar-refractivity contribution is 5.93. The molecule has 23 heavy (non-hydrogen) atoms. The van der Waals surface area contributed by atoms with Crippen LogP contribution in [0, 0.1) is 0 Å². The van der Waals surface area contributed by atoms with Gasteiger partial charge in [0.05, 0.1) is 0 Å². The van der Waals surface area contributed by atoms with Gasteiger partial charge < -0.3 is 20.0 Å². The molecular weight excluding hydrogens is 290 g/mol. The fourth-order valence-corrected chi connectivity index (χ4v) is 2.75. The minimum absolute atomic E-state index is 0.0854. The number of likely N-dealkylation sites (N-methyl/N-ethyl adjacent to an activating group) is 1. The summed E-state index contributed by atoms with van der Waals surface area (Å²) in [4.78, 5) is 23.3. The highest BCUT2D eigenvalue weighted by Gasteiger charge is 2.17. The van der Waals surface area contributed by atoms with E-state index >= 15 is 0 Å². The first kappa shape index (κ1) is 17.7. The summed E-state index contributed by atoms with van der Waals surface area (Å²) >= 11 is 0. The first-order chi connectivity index (χ1) is 11.1. The van der Waals surface area contributed by atoms with E-state index < -0.39 is 0 Å². The minimum atomic E-state index is -0.0854. The highest BCUT2D eigenvalue weighted by atomic mass is 16.1. The number of carbonyl (C=O) groups is 1. The molecule has 0 bridgehead atoms. The third-order valence-corrected chi connectivity index (χ3v) is 4.23. The number of hydrogen-bond acceptors (Lipinski definition) is 5. The Bertz CT molecular complexity index is 498. The molecule has 1 fully saturated rings. The quantitative estimate of drug-likeness (QED) is 0.757. The van der Waals surface area contributed by atoms with Crippen LogP contribution in [-0.2, 0) is 0 Å². The maximum absolute atomic E-state index is 12.2. The Kier molecular flexibility index (Phi) is 6.80. The third kappa shape index (κ3) is 5.48. The first-order valence-corrected chi connectivity index (χ1v) is 8.46. The minimum Gasteiger partial charge on any atom is -0.369 e. The number of carbonyl (C=O) groups excluding carboxylic acids is 1. The Morgan fingerprint density at radius 3 is 2.70 bits per heavy atom. The molecule has 0 spiro atoms. The summed E-state index contributed by atoms with van der Waals surface area (Å²) in [6.45, 7) is 9.10. The molecule has 0 aliphatic carbocycles. The second kappa shape index (κ2) is 8.84. The van der Waals surface area contributed by atoms with Gasteiger partial charge in [-0.15, -0.1) is 0 Å². The summed E-state index contributed by atoms with van der Waals surface area (Å²) in [5.41, 5.74) is 1.60. The summed E-state index contributed by atoms with van der Waals surface area (Å²) in [6, 6.07) is 3.90. The van der Waals surface area contributed by atoms with E-state index in [1.807, 2.05) is 26.2 Å². The van der Waals surface area contributed by atoms with Crippen LogP contribution in [0.5, 0.6) is 0 Å². The van der Waals surface area contributed by atoms with Gasteiger partial charge in [0, 0.05) is 44.6 Å². The van der Waals surface area contributed by atoms with Gasteiger partial charge >= 0.3 is 0 Å². The number of amides is 1. The number of hydrogen-bond donors (Lipinski definition) is 1. The van der Waals surface area contributed by atoms with E-state index in [4.69, 9.17) is 0 Å². The normalized spacial score (nSPS) is 15.9. The van der Waals surface area contributed by atoms with E-state index in [1.54, 1.807) is 6.20 Å². The van der Waals surface area contributed by atoms with Crippen molar-refractivity contribution in [2.45, 2.75) is 13.3 Å². The van der Waals surface area contributed by atoms with Gasteiger partial charge in [0.25, 0.3) is 5.91 Å². The Balaban J connectivity index is 1.88. The molecule has 1 aliphatic rings. The highest BCUT2D eigenvalue weighted by Crippen LogP contribution is 2.16.